The van der Waals surface area contributed by atoms with Crippen molar-refractivity contribution in [1.29, 1.82) is 5.26 Å². The molecule has 3 atom stereocenters. The van der Waals surface area contributed by atoms with Crippen molar-refractivity contribution in [3.05, 3.63) is 53.0 Å². The molecule has 4 aromatic heterocycles. The molecule has 0 unspecified atom stereocenters. The molecule has 0 N–H and O–H groups in total. The van der Waals surface area contributed by atoms with Gasteiger partial charge in [-0.1, -0.05) is 6.92 Å². The van der Waals surface area contributed by atoms with Crippen molar-refractivity contribution in [2.75, 3.05) is 0 Å². The van der Waals surface area contributed by atoms with Crippen LogP contribution in [0.15, 0.2) is 46.1 Å². The molecular weight excluding hydrogens is 470 g/mol. The van der Waals surface area contributed by atoms with Crippen LogP contribution in [-0.4, -0.2) is 41.3 Å². The molecular formula is C27H27N7O3. The van der Waals surface area contributed by atoms with Crippen molar-refractivity contribution >= 4 is 22.1 Å². The van der Waals surface area contributed by atoms with Crippen molar-refractivity contribution in [2.45, 2.75) is 51.4 Å². The Morgan fingerprint density at radius 2 is 1.84 bits per heavy atom. The summed E-state index contributed by atoms with van der Waals surface area (Å²) in [5.74, 6) is 0. The zero-order valence-corrected chi connectivity index (χ0v) is 21.2. The Labute approximate surface area is 212 Å². The van der Waals surface area contributed by atoms with Gasteiger partial charge in [0.2, 0.25) is 0 Å². The van der Waals surface area contributed by atoms with Crippen LogP contribution in [0.5, 0.6) is 0 Å². The number of hydrogen-bond donors (Lipinski definition) is 0. The number of fused-ring (bicyclic) bond motifs is 3. The highest BCUT2D eigenvalue weighted by atomic mass is 16.5. The summed E-state index contributed by atoms with van der Waals surface area (Å²) in [5.41, 5.74) is 4.51. The van der Waals surface area contributed by atoms with Gasteiger partial charge in [0, 0.05) is 54.6 Å². The Bertz CT molecular complexity index is 1750. The molecule has 0 bridgehead atoms. The highest BCUT2D eigenvalue weighted by Gasteiger charge is 2.32. The van der Waals surface area contributed by atoms with E-state index in [4.69, 9.17) is 9.15 Å². The van der Waals surface area contributed by atoms with E-state index >= 15 is 0 Å². The van der Waals surface area contributed by atoms with Crippen molar-refractivity contribution in [1.82, 2.24) is 29.1 Å². The summed E-state index contributed by atoms with van der Waals surface area (Å²) >= 11 is 0. The van der Waals surface area contributed by atoms with Crippen LogP contribution >= 0.6 is 0 Å². The number of aromatic nitrogens is 6. The van der Waals surface area contributed by atoms with E-state index in [9.17, 15) is 10.1 Å². The number of nitriles is 1. The number of aryl methyl sites for hydroxylation is 2. The van der Waals surface area contributed by atoms with Crippen LogP contribution < -0.4 is 5.69 Å². The standard InChI is InChI=1S/C27H27N7O3/c1-5-20-8-19(6-15(2)36-20)34-25-22-9-21(17-11-29-32(3)13-17)16(10-28)7-23(22)37-26(25)24(31-27(34)35)18-12-30-33(4)14-18/h7,9,11-15,19-20H,5-6,8H2,1-4H3/t15-,19+,20+/m1/s1. The van der Waals surface area contributed by atoms with E-state index < -0.39 is 0 Å². The second kappa shape index (κ2) is 8.71. The molecule has 0 radical (unpaired) electrons. The summed E-state index contributed by atoms with van der Waals surface area (Å²) in [7, 11) is 3.65. The summed E-state index contributed by atoms with van der Waals surface area (Å²) in [6.45, 7) is 4.14. The first-order valence-corrected chi connectivity index (χ1v) is 12.4. The van der Waals surface area contributed by atoms with Crippen molar-refractivity contribution < 1.29 is 9.15 Å². The van der Waals surface area contributed by atoms with Crippen LogP contribution in [-0.2, 0) is 18.8 Å². The summed E-state index contributed by atoms with van der Waals surface area (Å²) in [4.78, 5) is 18.2. The monoisotopic (exact) mass is 497 g/mol. The maximum Gasteiger partial charge on any atom is 0.349 e. The van der Waals surface area contributed by atoms with Gasteiger partial charge in [-0.05, 0) is 38.3 Å². The molecule has 1 aliphatic rings. The minimum absolute atomic E-state index is 0.0120. The highest BCUT2D eigenvalue weighted by Crippen LogP contribution is 2.40. The predicted octanol–water partition coefficient (Wildman–Crippen LogP) is 4.33. The predicted molar refractivity (Wildman–Crippen MR) is 138 cm³/mol. The van der Waals surface area contributed by atoms with Gasteiger partial charge in [-0.3, -0.25) is 13.9 Å². The molecule has 0 aliphatic carbocycles. The van der Waals surface area contributed by atoms with Crippen LogP contribution in [0.2, 0.25) is 0 Å². The number of rotatable bonds is 4. The molecule has 6 rings (SSSR count). The number of hydrogen-bond acceptors (Lipinski definition) is 7. The summed E-state index contributed by atoms with van der Waals surface area (Å²) in [6.07, 6.45) is 9.41. The van der Waals surface area contributed by atoms with Crippen LogP contribution in [0, 0.1) is 11.3 Å². The van der Waals surface area contributed by atoms with Gasteiger partial charge in [-0.25, -0.2) is 4.79 Å². The van der Waals surface area contributed by atoms with E-state index in [0.29, 0.717) is 46.3 Å². The molecule has 1 aliphatic heterocycles. The van der Waals surface area contributed by atoms with Gasteiger partial charge >= 0.3 is 5.69 Å². The van der Waals surface area contributed by atoms with E-state index in [-0.39, 0.29) is 23.9 Å². The molecule has 10 nitrogen and oxygen atoms in total. The van der Waals surface area contributed by atoms with Gasteiger partial charge in [0.25, 0.3) is 0 Å². The molecule has 1 aromatic carbocycles. The van der Waals surface area contributed by atoms with Crippen molar-refractivity contribution in [3.63, 3.8) is 0 Å². The molecule has 1 saturated heterocycles. The van der Waals surface area contributed by atoms with Gasteiger partial charge < -0.3 is 9.15 Å². The minimum atomic E-state index is -0.338. The maximum atomic E-state index is 13.7. The first kappa shape index (κ1) is 23.2. The normalized spacial score (nSPS) is 20.0. The summed E-state index contributed by atoms with van der Waals surface area (Å²) in [6, 6.07) is 5.85. The molecule has 0 spiro atoms. The Kier molecular flexibility index (Phi) is 5.46. The smallest absolute Gasteiger partial charge is 0.349 e. The van der Waals surface area contributed by atoms with E-state index in [0.717, 1.165) is 22.9 Å². The molecule has 0 saturated carbocycles. The largest absolute Gasteiger partial charge is 0.452 e. The van der Waals surface area contributed by atoms with Crippen LogP contribution in [0.3, 0.4) is 0 Å². The first-order valence-electron chi connectivity index (χ1n) is 12.4. The Hall–Kier alpha value is -4.23. The van der Waals surface area contributed by atoms with E-state index in [1.54, 1.807) is 32.4 Å². The molecule has 188 valence electrons. The molecule has 0 amide bonds. The summed E-state index contributed by atoms with van der Waals surface area (Å²) in [5, 5.41) is 19.2. The van der Waals surface area contributed by atoms with Crippen molar-refractivity contribution in [2.24, 2.45) is 14.1 Å². The quantitative estimate of drug-likeness (QED) is 0.363. The molecule has 5 heterocycles. The SMILES string of the molecule is CC[C@H]1C[C@@H](n2c(=O)nc(-c3cnn(C)c3)c3oc4cc(C#N)c(-c5cnn(C)c5)cc4c32)C[C@@H](C)O1. The number of furan rings is 1. The third-order valence-corrected chi connectivity index (χ3v) is 7.17. The lowest BCUT2D eigenvalue weighted by Crippen LogP contribution is -2.37. The van der Waals surface area contributed by atoms with Crippen LogP contribution in [0.25, 0.3) is 44.5 Å². The lowest BCUT2D eigenvalue weighted by Gasteiger charge is -2.34. The first-order chi connectivity index (χ1) is 17.9. The fourth-order valence-electron chi connectivity index (χ4n) is 5.49. The topological polar surface area (TPSA) is 117 Å². The van der Waals surface area contributed by atoms with Gasteiger partial charge in [0.05, 0.1) is 36.2 Å². The lowest BCUT2D eigenvalue weighted by atomic mass is 9.96. The Balaban J connectivity index is 1.69. The third kappa shape index (κ3) is 3.83. The number of ether oxygens (including phenoxy) is 1. The lowest BCUT2D eigenvalue weighted by molar-refractivity contribution is -0.0594. The molecule has 5 aromatic rings. The Morgan fingerprint density at radius 1 is 1.11 bits per heavy atom. The zero-order valence-electron chi connectivity index (χ0n) is 21.2. The van der Waals surface area contributed by atoms with E-state index in [2.05, 4.69) is 28.2 Å². The van der Waals surface area contributed by atoms with Gasteiger partial charge in [0.15, 0.2) is 5.58 Å². The van der Waals surface area contributed by atoms with Crippen LogP contribution in [0.1, 0.15) is 44.7 Å². The minimum Gasteiger partial charge on any atom is -0.452 e. The maximum absolute atomic E-state index is 13.7. The number of benzene rings is 1. The second-order valence-electron chi connectivity index (χ2n) is 9.81. The van der Waals surface area contributed by atoms with E-state index in [1.165, 1.54) is 0 Å². The summed E-state index contributed by atoms with van der Waals surface area (Å²) < 4.78 is 17.6. The second-order valence-corrected chi connectivity index (χ2v) is 9.81. The van der Waals surface area contributed by atoms with Gasteiger partial charge in [-0.15, -0.1) is 0 Å². The van der Waals surface area contributed by atoms with Crippen molar-refractivity contribution in [3.8, 4) is 28.5 Å². The zero-order chi connectivity index (χ0) is 25.8. The number of nitrogens with zero attached hydrogens (tertiary/aromatic N) is 7. The average molecular weight is 498 g/mol. The fourth-order valence-corrected chi connectivity index (χ4v) is 5.49. The highest BCUT2D eigenvalue weighted by molar-refractivity contribution is 6.08. The molecule has 10 heteroatoms. The third-order valence-electron chi connectivity index (χ3n) is 7.17. The molecule has 37 heavy (non-hydrogen) atoms. The fraction of sp³-hybridized carbons (Fsp3) is 0.370. The van der Waals surface area contributed by atoms with Gasteiger partial charge in [0.1, 0.15) is 16.8 Å². The Morgan fingerprint density at radius 3 is 2.49 bits per heavy atom. The average Bonchev–Trinajstić information content (AvgIpc) is 3.60. The van der Waals surface area contributed by atoms with Crippen LogP contribution in [0.4, 0.5) is 0 Å². The van der Waals surface area contributed by atoms with E-state index in [1.807, 2.05) is 39.5 Å². The molecule has 1 fully saturated rings. The van der Waals surface area contributed by atoms with Gasteiger partial charge in [-0.2, -0.15) is 20.4 Å².